The van der Waals surface area contributed by atoms with E-state index in [4.69, 9.17) is 4.74 Å². The maximum atomic E-state index is 5.86. The molecule has 1 heterocycles. The average Bonchev–Trinajstić information content (AvgIpc) is 2.33. The van der Waals surface area contributed by atoms with Gasteiger partial charge in [-0.1, -0.05) is 48.0 Å². The zero-order chi connectivity index (χ0) is 11.7. The lowest BCUT2D eigenvalue weighted by atomic mass is 10.0. The highest BCUT2D eigenvalue weighted by molar-refractivity contribution is 5.74. The highest BCUT2D eigenvalue weighted by atomic mass is 16.5. The van der Waals surface area contributed by atoms with Crippen LogP contribution in [0.25, 0.3) is 12.2 Å². The Morgan fingerprint density at radius 2 is 1.76 bits per heavy atom. The highest BCUT2D eigenvalue weighted by Crippen LogP contribution is 2.26. The van der Waals surface area contributed by atoms with Gasteiger partial charge >= 0.3 is 0 Å². The van der Waals surface area contributed by atoms with Crippen LogP contribution in [0.4, 0.5) is 0 Å². The largest absolute Gasteiger partial charge is 0.488 e. The van der Waals surface area contributed by atoms with Gasteiger partial charge in [-0.2, -0.15) is 0 Å². The molecule has 2 aromatic rings. The zero-order valence-electron chi connectivity index (χ0n) is 9.81. The van der Waals surface area contributed by atoms with E-state index in [1.54, 1.807) is 0 Å². The summed E-state index contributed by atoms with van der Waals surface area (Å²) in [7, 11) is 0. The second-order valence-corrected chi connectivity index (χ2v) is 4.36. The van der Waals surface area contributed by atoms with E-state index in [-0.39, 0.29) is 0 Å². The van der Waals surface area contributed by atoms with Crippen molar-refractivity contribution in [3.8, 4) is 5.75 Å². The fraction of sp³-hybridized carbons (Fsp3) is 0.125. The molecule has 1 heteroatoms. The van der Waals surface area contributed by atoms with Crippen LogP contribution in [-0.2, 0) is 6.61 Å². The Morgan fingerprint density at radius 3 is 2.71 bits per heavy atom. The standard InChI is InChI=1S/C16H14O/c1-12-6-9-16-14(10-12)8-7-13-4-2-3-5-15(13)11-17-16/h2-10H,11H2,1H3/b8-7-. The highest BCUT2D eigenvalue weighted by Gasteiger charge is 2.07. The van der Waals surface area contributed by atoms with Crippen LogP contribution < -0.4 is 4.74 Å². The van der Waals surface area contributed by atoms with Gasteiger partial charge in [0.25, 0.3) is 0 Å². The molecular formula is C16H14O. The van der Waals surface area contributed by atoms with Crippen molar-refractivity contribution in [1.82, 2.24) is 0 Å². The molecule has 3 rings (SSSR count). The average molecular weight is 222 g/mol. The fourth-order valence-electron chi connectivity index (χ4n) is 2.09. The molecule has 0 saturated heterocycles. The lowest BCUT2D eigenvalue weighted by Crippen LogP contribution is -2.01. The second kappa shape index (κ2) is 4.10. The molecule has 1 nitrogen and oxygen atoms in total. The third-order valence-corrected chi connectivity index (χ3v) is 3.05. The molecular weight excluding hydrogens is 208 g/mol. The summed E-state index contributed by atoms with van der Waals surface area (Å²) in [6.45, 7) is 2.73. The molecule has 0 amide bonds. The Hall–Kier alpha value is -2.02. The number of fused-ring (bicyclic) bond motifs is 2. The molecule has 0 spiro atoms. The van der Waals surface area contributed by atoms with E-state index in [9.17, 15) is 0 Å². The summed E-state index contributed by atoms with van der Waals surface area (Å²) in [6.07, 6.45) is 4.29. The predicted molar refractivity (Wildman–Crippen MR) is 70.9 cm³/mol. The van der Waals surface area contributed by atoms with E-state index in [0.717, 1.165) is 11.3 Å². The second-order valence-electron chi connectivity index (χ2n) is 4.36. The number of benzene rings is 2. The van der Waals surface area contributed by atoms with Crippen LogP contribution in [0.5, 0.6) is 5.75 Å². The topological polar surface area (TPSA) is 9.23 Å². The summed E-state index contributed by atoms with van der Waals surface area (Å²) in [5.74, 6) is 0.960. The molecule has 0 atom stereocenters. The summed E-state index contributed by atoms with van der Waals surface area (Å²) in [5, 5.41) is 0. The van der Waals surface area contributed by atoms with Crippen molar-refractivity contribution >= 4 is 12.2 Å². The summed E-state index contributed by atoms with van der Waals surface area (Å²) in [4.78, 5) is 0. The van der Waals surface area contributed by atoms with E-state index < -0.39 is 0 Å². The number of ether oxygens (including phenoxy) is 1. The lowest BCUT2D eigenvalue weighted by Gasteiger charge is -2.14. The number of hydrogen-bond donors (Lipinski definition) is 0. The van der Waals surface area contributed by atoms with Gasteiger partial charge in [-0.15, -0.1) is 0 Å². The first kappa shape index (κ1) is 10.2. The summed E-state index contributed by atoms with van der Waals surface area (Å²) >= 11 is 0. The fourth-order valence-corrected chi connectivity index (χ4v) is 2.09. The van der Waals surface area contributed by atoms with Crippen molar-refractivity contribution in [2.45, 2.75) is 13.5 Å². The van der Waals surface area contributed by atoms with Gasteiger partial charge in [-0.05, 0) is 30.2 Å². The Labute approximate surface area is 101 Å². The molecule has 0 fully saturated rings. The van der Waals surface area contributed by atoms with Gasteiger partial charge in [0.15, 0.2) is 0 Å². The maximum Gasteiger partial charge on any atom is 0.127 e. The van der Waals surface area contributed by atoms with Gasteiger partial charge in [0.2, 0.25) is 0 Å². The molecule has 0 bridgehead atoms. The molecule has 0 saturated carbocycles. The van der Waals surface area contributed by atoms with Gasteiger partial charge in [-0.3, -0.25) is 0 Å². The van der Waals surface area contributed by atoms with Gasteiger partial charge in [0.05, 0.1) is 0 Å². The monoisotopic (exact) mass is 222 g/mol. The van der Waals surface area contributed by atoms with Crippen molar-refractivity contribution in [2.75, 3.05) is 0 Å². The van der Waals surface area contributed by atoms with E-state index >= 15 is 0 Å². The molecule has 17 heavy (non-hydrogen) atoms. The van der Waals surface area contributed by atoms with Crippen LogP contribution in [0.1, 0.15) is 22.3 Å². The normalized spacial score (nSPS) is 14.9. The molecule has 0 aliphatic carbocycles. The molecule has 0 radical (unpaired) electrons. The van der Waals surface area contributed by atoms with Crippen LogP contribution >= 0.6 is 0 Å². The number of hydrogen-bond acceptors (Lipinski definition) is 1. The van der Waals surface area contributed by atoms with Crippen molar-refractivity contribution in [2.24, 2.45) is 0 Å². The maximum absolute atomic E-state index is 5.86. The lowest BCUT2D eigenvalue weighted by molar-refractivity contribution is 0.305. The third kappa shape index (κ3) is 1.96. The Bertz CT molecular complexity index is 582. The van der Waals surface area contributed by atoms with E-state index in [2.05, 4.69) is 49.4 Å². The van der Waals surface area contributed by atoms with Crippen molar-refractivity contribution in [3.63, 3.8) is 0 Å². The Morgan fingerprint density at radius 1 is 0.941 bits per heavy atom. The van der Waals surface area contributed by atoms with E-state index in [1.807, 2.05) is 12.1 Å². The minimum absolute atomic E-state index is 0.635. The minimum Gasteiger partial charge on any atom is -0.488 e. The van der Waals surface area contributed by atoms with Gasteiger partial charge in [-0.25, -0.2) is 0 Å². The van der Waals surface area contributed by atoms with Gasteiger partial charge in [0, 0.05) is 5.56 Å². The van der Waals surface area contributed by atoms with Crippen LogP contribution in [0, 0.1) is 6.92 Å². The molecule has 2 aromatic carbocycles. The number of rotatable bonds is 0. The minimum atomic E-state index is 0.635. The quantitative estimate of drug-likeness (QED) is 0.653. The molecule has 0 aromatic heterocycles. The van der Waals surface area contributed by atoms with Crippen molar-refractivity contribution < 1.29 is 4.74 Å². The van der Waals surface area contributed by atoms with Gasteiger partial charge < -0.3 is 4.74 Å². The van der Waals surface area contributed by atoms with Gasteiger partial charge in [0.1, 0.15) is 12.4 Å². The predicted octanol–water partition coefficient (Wildman–Crippen LogP) is 4.06. The zero-order valence-corrected chi connectivity index (χ0v) is 9.81. The summed E-state index contributed by atoms with van der Waals surface area (Å²) < 4.78 is 5.86. The third-order valence-electron chi connectivity index (χ3n) is 3.05. The Balaban J connectivity index is 2.10. The molecule has 0 unspecified atom stereocenters. The van der Waals surface area contributed by atoms with Crippen molar-refractivity contribution in [1.29, 1.82) is 0 Å². The van der Waals surface area contributed by atoms with Crippen LogP contribution in [0.2, 0.25) is 0 Å². The van der Waals surface area contributed by atoms with Crippen LogP contribution in [0.3, 0.4) is 0 Å². The Kier molecular flexibility index (Phi) is 2.45. The molecule has 0 N–H and O–H groups in total. The molecule has 1 aliphatic heterocycles. The van der Waals surface area contributed by atoms with E-state index in [1.165, 1.54) is 16.7 Å². The smallest absolute Gasteiger partial charge is 0.127 e. The molecule has 1 aliphatic rings. The summed E-state index contributed by atoms with van der Waals surface area (Å²) in [6, 6.07) is 14.6. The van der Waals surface area contributed by atoms with Crippen molar-refractivity contribution in [3.05, 3.63) is 64.7 Å². The SMILES string of the molecule is Cc1ccc2c(c1)/C=C\c1ccccc1CO2. The summed E-state index contributed by atoms with van der Waals surface area (Å²) in [5.41, 5.74) is 4.87. The number of aryl methyl sites for hydroxylation is 1. The van der Waals surface area contributed by atoms with Crippen LogP contribution in [-0.4, -0.2) is 0 Å². The van der Waals surface area contributed by atoms with Crippen LogP contribution in [0.15, 0.2) is 42.5 Å². The first-order valence-electron chi connectivity index (χ1n) is 5.82. The first-order chi connectivity index (χ1) is 8.33. The molecule has 84 valence electrons. The van der Waals surface area contributed by atoms with E-state index in [0.29, 0.717) is 6.61 Å². The first-order valence-corrected chi connectivity index (χ1v) is 5.82.